The van der Waals surface area contributed by atoms with Crippen LogP contribution in [0, 0.1) is 6.92 Å². The number of aromatic nitrogens is 2. The maximum absolute atomic E-state index is 12.9. The van der Waals surface area contributed by atoms with Crippen LogP contribution in [-0.4, -0.2) is 68.2 Å². The van der Waals surface area contributed by atoms with Gasteiger partial charge >= 0.3 is 0 Å². The summed E-state index contributed by atoms with van der Waals surface area (Å²) in [5.74, 6) is 2.28. The molecule has 4 rings (SSSR count). The predicted octanol–water partition coefficient (Wildman–Crippen LogP) is 3.57. The van der Waals surface area contributed by atoms with Crippen LogP contribution in [0.1, 0.15) is 16.1 Å². The number of nitrogens with zero attached hydrogens (tertiary/aromatic N) is 5. The standard InChI is InChI=1S/C25H30N6O2/c1-18-17-23(27-20-7-11-22(33-4)12-8-20)28-25(26-18)31-15-13-30(14-16-31)24(32)19-5-9-21(10-6-19)29(2)3/h5-12,17H,13-16H2,1-4H3,(H,26,27,28). The first-order valence-corrected chi connectivity index (χ1v) is 11.0. The molecule has 172 valence electrons. The van der Waals surface area contributed by atoms with Gasteiger partial charge in [0.15, 0.2) is 0 Å². The monoisotopic (exact) mass is 446 g/mol. The third-order valence-electron chi connectivity index (χ3n) is 5.69. The van der Waals surface area contributed by atoms with Gasteiger partial charge in [-0.05, 0) is 55.5 Å². The second kappa shape index (κ2) is 9.77. The molecule has 8 nitrogen and oxygen atoms in total. The van der Waals surface area contributed by atoms with Crippen molar-refractivity contribution in [1.29, 1.82) is 0 Å². The molecule has 1 fully saturated rings. The van der Waals surface area contributed by atoms with Crippen molar-refractivity contribution >= 4 is 29.0 Å². The van der Waals surface area contributed by atoms with Gasteiger partial charge in [0.2, 0.25) is 5.95 Å². The largest absolute Gasteiger partial charge is 0.497 e. The second-order valence-corrected chi connectivity index (χ2v) is 8.27. The highest BCUT2D eigenvalue weighted by atomic mass is 16.5. The molecule has 1 saturated heterocycles. The van der Waals surface area contributed by atoms with Gasteiger partial charge < -0.3 is 24.8 Å². The normalized spacial score (nSPS) is 13.6. The lowest BCUT2D eigenvalue weighted by Gasteiger charge is -2.35. The fourth-order valence-corrected chi connectivity index (χ4v) is 3.77. The van der Waals surface area contributed by atoms with Crippen LogP contribution in [0.25, 0.3) is 0 Å². The van der Waals surface area contributed by atoms with Gasteiger partial charge in [-0.2, -0.15) is 4.98 Å². The minimum absolute atomic E-state index is 0.0620. The summed E-state index contributed by atoms with van der Waals surface area (Å²) >= 11 is 0. The number of aryl methyl sites for hydroxylation is 1. The van der Waals surface area contributed by atoms with E-state index in [2.05, 4.69) is 15.2 Å². The third-order valence-corrected chi connectivity index (χ3v) is 5.69. The van der Waals surface area contributed by atoms with Crippen LogP contribution in [0.5, 0.6) is 5.75 Å². The number of amides is 1. The summed E-state index contributed by atoms with van der Waals surface area (Å²) in [4.78, 5) is 28.3. The zero-order valence-electron chi connectivity index (χ0n) is 19.6. The molecule has 1 amide bonds. The molecule has 0 unspecified atom stereocenters. The van der Waals surface area contributed by atoms with Gasteiger partial charge in [0.05, 0.1) is 7.11 Å². The van der Waals surface area contributed by atoms with Crippen molar-refractivity contribution < 1.29 is 9.53 Å². The lowest BCUT2D eigenvalue weighted by atomic mass is 10.1. The average molecular weight is 447 g/mol. The lowest BCUT2D eigenvalue weighted by molar-refractivity contribution is 0.0746. The van der Waals surface area contributed by atoms with Crippen LogP contribution in [0.3, 0.4) is 0 Å². The van der Waals surface area contributed by atoms with E-state index in [9.17, 15) is 4.79 Å². The summed E-state index contributed by atoms with van der Waals surface area (Å²) in [5, 5.41) is 3.34. The first-order valence-electron chi connectivity index (χ1n) is 11.0. The Morgan fingerprint density at radius 2 is 1.64 bits per heavy atom. The lowest BCUT2D eigenvalue weighted by Crippen LogP contribution is -2.49. The number of hydrogen-bond donors (Lipinski definition) is 1. The minimum atomic E-state index is 0.0620. The van der Waals surface area contributed by atoms with Crippen LogP contribution in [0.15, 0.2) is 54.6 Å². The highest BCUT2D eigenvalue weighted by Gasteiger charge is 2.24. The molecule has 0 saturated carbocycles. The molecule has 0 bridgehead atoms. The molecule has 0 spiro atoms. The highest BCUT2D eigenvalue weighted by Crippen LogP contribution is 2.22. The fourth-order valence-electron chi connectivity index (χ4n) is 3.77. The summed E-state index contributed by atoms with van der Waals surface area (Å²) in [6.07, 6.45) is 0. The topological polar surface area (TPSA) is 73.8 Å². The Morgan fingerprint density at radius 3 is 2.24 bits per heavy atom. The minimum Gasteiger partial charge on any atom is -0.497 e. The van der Waals surface area contributed by atoms with E-state index in [1.165, 1.54) is 0 Å². The van der Waals surface area contributed by atoms with E-state index in [1.54, 1.807) is 7.11 Å². The Balaban J connectivity index is 1.40. The number of nitrogens with one attached hydrogen (secondary N) is 1. The van der Waals surface area contributed by atoms with Crippen LogP contribution < -0.4 is 19.9 Å². The van der Waals surface area contributed by atoms with Crippen LogP contribution in [-0.2, 0) is 0 Å². The SMILES string of the molecule is COc1ccc(Nc2cc(C)nc(N3CCN(C(=O)c4ccc(N(C)C)cc4)CC3)n2)cc1. The summed E-state index contributed by atoms with van der Waals surface area (Å²) in [7, 11) is 5.62. The summed E-state index contributed by atoms with van der Waals surface area (Å²) in [6, 6.07) is 17.4. The molecule has 1 aliphatic heterocycles. The fraction of sp³-hybridized carbons (Fsp3) is 0.320. The van der Waals surface area contributed by atoms with Crippen molar-refractivity contribution in [3.63, 3.8) is 0 Å². The van der Waals surface area contributed by atoms with Crippen molar-refractivity contribution in [3.05, 3.63) is 65.9 Å². The third kappa shape index (κ3) is 5.34. The Bertz CT molecular complexity index is 1090. The number of carbonyl (C=O) groups is 1. The van der Waals surface area contributed by atoms with Gasteiger partial charge in [0, 0.05) is 69.0 Å². The van der Waals surface area contributed by atoms with Gasteiger partial charge in [0.25, 0.3) is 5.91 Å². The number of hydrogen-bond acceptors (Lipinski definition) is 7. The van der Waals surface area contributed by atoms with E-state index in [0.717, 1.165) is 28.6 Å². The first kappa shape index (κ1) is 22.4. The quantitative estimate of drug-likeness (QED) is 0.621. The van der Waals surface area contributed by atoms with E-state index < -0.39 is 0 Å². The Hall–Kier alpha value is -3.81. The Kier molecular flexibility index (Phi) is 6.63. The zero-order chi connectivity index (χ0) is 23.4. The molecule has 0 radical (unpaired) electrons. The van der Waals surface area contributed by atoms with Crippen LogP contribution >= 0.6 is 0 Å². The van der Waals surface area contributed by atoms with Gasteiger partial charge in [-0.25, -0.2) is 4.98 Å². The second-order valence-electron chi connectivity index (χ2n) is 8.27. The highest BCUT2D eigenvalue weighted by molar-refractivity contribution is 5.94. The van der Waals surface area contributed by atoms with E-state index in [1.807, 2.05) is 85.4 Å². The summed E-state index contributed by atoms with van der Waals surface area (Å²) in [6.45, 7) is 4.60. The number of rotatable bonds is 6. The summed E-state index contributed by atoms with van der Waals surface area (Å²) in [5.41, 5.74) is 3.60. The van der Waals surface area contributed by atoms with Crippen molar-refractivity contribution in [2.24, 2.45) is 0 Å². The molecular formula is C25H30N6O2. The molecule has 0 aliphatic carbocycles. The van der Waals surface area contributed by atoms with E-state index in [0.29, 0.717) is 37.7 Å². The Labute approximate surface area is 194 Å². The van der Waals surface area contributed by atoms with Gasteiger partial charge in [0.1, 0.15) is 11.6 Å². The number of methoxy groups -OCH3 is 1. The number of ether oxygens (including phenoxy) is 1. The molecule has 1 aromatic heterocycles. The van der Waals surface area contributed by atoms with E-state index in [-0.39, 0.29) is 5.91 Å². The number of anilines is 4. The predicted molar refractivity (Wildman–Crippen MR) is 132 cm³/mol. The molecule has 2 aromatic carbocycles. The number of piperazine rings is 1. The average Bonchev–Trinajstić information content (AvgIpc) is 2.84. The van der Waals surface area contributed by atoms with Gasteiger partial charge in [-0.3, -0.25) is 4.79 Å². The van der Waals surface area contributed by atoms with Crippen molar-refractivity contribution in [1.82, 2.24) is 14.9 Å². The summed E-state index contributed by atoms with van der Waals surface area (Å²) < 4.78 is 5.22. The van der Waals surface area contributed by atoms with Gasteiger partial charge in [-0.1, -0.05) is 0 Å². The molecule has 0 atom stereocenters. The van der Waals surface area contributed by atoms with Gasteiger partial charge in [-0.15, -0.1) is 0 Å². The molecule has 3 aromatic rings. The molecule has 33 heavy (non-hydrogen) atoms. The first-order chi connectivity index (χ1) is 15.9. The molecule has 8 heteroatoms. The maximum Gasteiger partial charge on any atom is 0.253 e. The smallest absolute Gasteiger partial charge is 0.253 e. The molecule has 1 aliphatic rings. The van der Waals surface area contributed by atoms with Crippen molar-refractivity contribution in [2.45, 2.75) is 6.92 Å². The van der Waals surface area contributed by atoms with E-state index >= 15 is 0 Å². The van der Waals surface area contributed by atoms with Crippen LogP contribution in [0.4, 0.5) is 23.1 Å². The molecule has 2 heterocycles. The molecular weight excluding hydrogens is 416 g/mol. The Morgan fingerprint density at radius 1 is 0.970 bits per heavy atom. The number of carbonyl (C=O) groups excluding carboxylic acids is 1. The van der Waals surface area contributed by atoms with Crippen LogP contribution in [0.2, 0.25) is 0 Å². The van der Waals surface area contributed by atoms with Crippen molar-refractivity contribution in [3.8, 4) is 5.75 Å². The van der Waals surface area contributed by atoms with E-state index in [4.69, 9.17) is 9.72 Å². The zero-order valence-corrected chi connectivity index (χ0v) is 19.6. The maximum atomic E-state index is 12.9. The molecule has 1 N–H and O–H groups in total. The van der Waals surface area contributed by atoms with Crippen molar-refractivity contribution in [2.75, 3.05) is 62.5 Å². The number of benzene rings is 2.